The summed E-state index contributed by atoms with van der Waals surface area (Å²) in [6.07, 6.45) is -4.32. The molecule has 0 bridgehead atoms. The highest BCUT2D eigenvalue weighted by Gasteiger charge is 2.30. The number of nitrogens with zero attached hydrogens (tertiary/aromatic N) is 2. The van der Waals surface area contributed by atoms with E-state index in [4.69, 9.17) is 4.42 Å². The minimum Gasteiger partial charge on any atom is -0.451 e. The molecule has 1 aliphatic rings. The highest BCUT2D eigenvalue weighted by atomic mass is 19.4. The van der Waals surface area contributed by atoms with Crippen LogP contribution in [-0.4, -0.2) is 41.9 Å². The fourth-order valence-electron chi connectivity index (χ4n) is 3.59. The van der Waals surface area contributed by atoms with Crippen molar-refractivity contribution < 1.29 is 22.4 Å². The highest BCUT2D eigenvalue weighted by Crippen LogP contribution is 2.29. The molecule has 29 heavy (non-hydrogen) atoms. The Kier molecular flexibility index (Phi) is 5.08. The van der Waals surface area contributed by atoms with Gasteiger partial charge < -0.3 is 9.32 Å². The molecule has 7 heteroatoms. The third-order valence-corrected chi connectivity index (χ3v) is 5.23. The van der Waals surface area contributed by atoms with Gasteiger partial charge in [0, 0.05) is 38.1 Å². The Morgan fingerprint density at radius 3 is 2.34 bits per heavy atom. The molecule has 1 aromatic heterocycles. The molecule has 0 unspecified atom stereocenters. The number of alkyl halides is 3. The average Bonchev–Trinajstić information content (AvgIpc) is 3.11. The molecule has 0 N–H and O–H groups in total. The van der Waals surface area contributed by atoms with Crippen LogP contribution in [0.15, 0.2) is 52.9 Å². The van der Waals surface area contributed by atoms with Crippen molar-refractivity contribution in [3.8, 4) is 0 Å². The second kappa shape index (κ2) is 7.55. The number of furan rings is 1. The van der Waals surface area contributed by atoms with Gasteiger partial charge in [-0.15, -0.1) is 0 Å². The van der Waals surface area contributed by atoms with Crippen LogP contribution in [0.5, 0.6) is 0 Å². The SMILES string of the molecule is Cc1ccc2oc(C(=O)N3CCN(Cc4ccc(C(F)(F)F)cc4)CC3)cc2c1. The molecule has 0 aliphatic carbocycles. The number of carbonyl (C=O) groups excluding carboxylic acids is 1. The van der Waals surface area contributed by atoms with E-state index in [0.29, 0.717) is 44.1 Å². The monoisotopic (exact) mass is 402 g/mol. The summed E-state index contributed by atoms with van der Waals surface area (Å²) in [5.74, 6) is 0.204. The van der Waals surface area contributed by atoms with E-state index in [9.17, 15) is 18.0 Å². The third kappa shape index (κ3) is 4.29. The number of rotatable bonds is 3. The maximum absolute atomic E-state index is 12.8. The minimum atomic E-state index is -4.32. The zero-order valence-corrected chi connectivity index (χ0v) is 16.0. The second-order valence-corrected chi connectivity index (χ2v) is 7.41. The molecule has 152 valence electrons. The topological polar surface area (TPSA) is 36.7 Å². The third-order valence-electron chi connectivity index (χ3n) is 5.23. The van der Waals surface area contributed by atoms with Gasteiger partial charge in [0.1, 0.15) is 5.58 Å². The van der Waals surface area contributed by atoms with Crippen LogP contribution in [0, 0.1) is 6.92 Å². The molecular formula is C22H21F3N2O2. The summed E-state index contributed by atoms with van der Waals surface area (Å²) >= 11 is 0. The van der Waals surface area contributed by atoms with Gasteiger partial charge in [0.25, 0.3) is 5.91 Å². The lowest BCUT2D eigenvalue weighted by Crippen LogP contribution is -2.48. The lowest BCUT2D eigenvalue weighted by Gasteiger charge is -2.34. The number of hydrogen-bond donors (Lipinski definition) is 0. The first kappa shape index (κ1) is 19.5. The summed E-state index contributed by atoms with van der Waals surface area (Å²) < 4.78 is 43.7. The maximum atomic E-state index is 12.8. The first-order valence-electron chi connectivity index (χ1n) is 9.47. The summed E-state index contributed by atoms with van der Waals surface area (Å²) in [7, 11) is 0. The van der Waals surface area contributed by atoms with Gasteiger partial charge in [-0.25, -0.2) is 0 Å². The first-order valence-corrected chi connectivity index (χ1v) is 9.47. The van der Waals surface area contributed by atoms with Crippen molar-refractivity contribution in [3.63, 3.8) is 0 Å². The van der Waals surface area contributed by atoms with Crippen molar-refractivity contribution in [3.05, 3.63) is 71.0 Å². The van der Waals surface area contributed by atoms with Gasteiger partial charge in [-0.05, 0) is 42.8 Å². The maximum Gasteiger partial charge on any atom is 0.416 e. The number of benzene rings is 2. The Labute approximate surface area is 166 Å². The smallest absolute Gasteiger partial charge is 0.416 e. The Morgan fingerprint density at radius 1 is 1.00 bits per heavy atom. The molecule has 1 fully saturated rings. The van der Waals surface area contributed by atoms with E-state index in [2.05, 4.69) is 4.90 Å². The number of carbonyl (C=O) groups is 1. The zero-order chi connectivity index (χ0) is 20.6. The lowest BCUT2D eigenvalue weighted by molar-refractivity contribution is -0.137. The molecule has 3 aromatic rings. The van der Waals surface area contributed by atoms with Crippen LogP contribution in [0.2, 0.25) is 0 Å². The Balaban J connectivity index is 1.35. The minimum absolute atomic E-state index is 0.131. The van der Waals surface area contributed by atoms with Gasteiger partial charge in [-0.2, -0.15) is 13.2 Å². The van der Waals surface area contributed by atoms with Crippen molar-refractivity contribution in [1.82, 2.24) is 9.80 Å². The molecule has 0 spiro atoms. The number of aryl methyl sites for hydroxylation is 1. The van der Waals surface area contributed by atoms with Crippen LogP contribution in [0.1, 0.15) is 27.2 Å². The molecule has 1 saturated heterocycles. The Morgan fingerprint density at radius 2 is 1.69 bits per heavy atom. The molecule has 0 radical (unpaired) electrons. The normalized spacial score (nSPS) is 15.8. The predicted octanol–water partition coefficient (Wildman–Crippen LogP) is 4.72. The van der Waals surface area contributed by atoms with E-state index < -0.39 is 11.7 Å². The molecule has 4 rings (SSSR count). The van der Waals surface area contributed by atoms with Gasteiger partial charge in [-0.1, -0.05) is 23.8 Å². The van der Waals surface area contributed by atoms with Gasteiger partial charge >= 0.3 is 6.18 Å². The van der Waals surface area contributed by atoms with E-state index in [1.54, 1.807) is 11.0 Å². The molecule has 0 atom stereocenters. The molecule has 2 heterocycles. The van der Waals surface area contributed by atoms with Crippen molar-refractivity contribution in [2.24, 2.45) is 0 Å². The number of fused-ring (bicyclic) bond motifs is 1. The molecule has 4 nitrogen and oxygen atoms in total. The van der Waals surface area contributed by atoms with Crippen molar-refractivity contribution in [1.29, 1.82) is 0 Å². The largest absolute Gasteiger partial charge is 0.451 e. The predicted molar refractivity (Wildman–Crippen MR) is 104 cm³/mol. The summed E-state index contributed by atoms with van der Waals surface area (Å²) in [4.78, 5) is 16.6. The van der Waals surface area contributed by atoms with Crippen LogP contribution >= 0.6 is 0 Å². The van der Waals surface area contributed by atoms with Gasteiger partial charge in [0.05, 0.1) is 5.56 Å². The van der Waals surface area contributed by atoms with Crippen molar-refractivity contribution in [2.45, 2.75) is 19.6 Å². The standard InChI is InChI=1S/C22H21F3N2O2/c1-15-2-7-19-17(12-15)13-20(29-19)21(28)27-10-8-26(9-11-27)14-16-3-5-18(6-4-16)22(23,24)25/h2-7,12-13H,8-11,14H2,1H3. The molecule has 1 aliphatic heterocycles. The number of amides is 1. The number of halogens is 3. The summed E-state index contributed by atoms with van der Waals surface area (Å²) in [6, 6.07) is 12.8. The van der Waals surface area contributed by atoms with Crippen LogP contribution in [0.3, 0.4) is 0 Å². The van der Waals surface area contributed by atoms with E-state index >= 15 is 0 Å². The molecule has 1 amide bonds. The molecule has 0 saturated carbocycles. The molecular weight excluding hydrogens is 381 g/mol. The highest BCUT2D eigenvalue weighted by molar-refractivity contribution is 5.96. The average molecular weight is 402 g/mol. The van der Waals surface area contributed by atoms with Crippen LogP contribution in [-0.2, 0) is 12.7 Å². The first-order chi connectivity index (χ1) is 13.8. The number of hydrogen-bond acceptors (Lipinski definition) is 3. The van der Waals surface area contributed by atoms with E-state index in [-0.39, 0.29) is 5.91 Å². The summed E-state index contributed by atoms with van der Waals surface area (Å²) in [5.41, 5.74) is 1.98. The van der Waals surface area contributed by atoms with Crippen LogP contribution in [0.25, 0.3) is 11.0 Å². The van der Waals surface area contributed by atoms with Crippen molar-refractivity contribution in [2.75, 3.05) is 26.2 Å². The van der Waals surface area contributed by atoms with Gasteiger partial charge in [0.15, 0.2) is 5.76 Å². The Bertz CT molecular complexity index is 1020. The summed E-state index contributed by atoms with van der Waals surface area (Å²) in [6.45, 7) is 4.97. The second-order valence-electron chi connectivity index (χ2n) is 7.41. The lowest BCUT2D eigenvalue weighted by atomic mass is 10.1. The van der Waals surface area contributed by atoms with Gasteiger partial charge in [-0.3, -0.25) is 9.69 Å². The van der Waals surface area contributed by atoms with Crippen LogP contribution in [0.4, 0.5) is 13.2 Å². The fraction of sp³-hybridized carbons (Fsp3) is 0.318. The fourth-order valence-corrected chi connectivity index (χ4v) is 3.59. The van der Waals surface area contributed by atoms with E-state index in [1.165, 1.54) is 12.1 Å². The zero-order valence-electron chi connectivity index (χ0n) is 16.0. The molecule has 2 aromatic carbocycles. The van der Waals surface area contributed by atoms with E-state index in [1.807, 2.05) is 25.1 Å². The number of piperazine rings is 1. The summed E-state index contributed by atoms with van der Waals surface area (Å²) in [5, 5.41) is 0.911. The van der Waals surface area contributed by atoms with E-state index in [0.717, 1.165) is 28.6 Å². The quantitative estimate of drug-likeness (QED) is 0.636. The van der Waals surface area contributed by atoms with Crippen molar-refractivity contribution >= 4 is 16.9 Å². The van der Waals surface area contributed by atoms with Crippen LogP contribution < -0.4 is 0 Å². The Hall–Kier alpha value is -2.80. The van der Waals surface area contributed by atoms with Gasteiger partial charge in [0.2, 0.25) is 0 Å².